The fourth-order valence-electron chi connectivity index (χ4n) is 2.87. The molecule has 0 aromatic heterocycles. The van der Waals surface area contributed by atoms with E-state index in [1.807, 2.05) is 6.07 Å². The first-order valence-electron chi connectivity index (χ1n) is 6.76. The Labute approximate surface area is 105 Å². The highest BCUT2D eigenvalue weighted by Gasteiger charge is 2.33. The maximum atomic E-state index is 10.7. The van der Waals surface area contributed by atoms with Gasteiger partial charge in [-0.25, -0.2) is 0 Å². The summed E-state index contributed by atoms with van der Waals surface area (Å²) >= 11 is 0. The lowest BCUT2D eigenvalue weighted by molar-refractivity contribution is 0.0226. The molecule has 1 aliphatic rings. The highest BCUT2D eigenvalue weighted by molar-refractivity contribution is 5.17. The second-order valence-electron chi connectivity index (χ2n) is 6.40. The molecule has 1 unspecified atom stereocenters. The van der Waals surface area contributed by atoms with Crippen molar-refractivity contribution in [3.63, 3.8) is 0 Å². The summed E-state index contributed by atoms with van der Waals surface area (Å²) in [6, 6.07) is 10.4. The normalized spacial score (nSPS) is 28.6. The summed E-state index contributed by atoms with van der Waals surface area (Å²) in [5.41, 5.74) is 1.19. The van der Waals surface area contributed by atoms with Crippen LogP contribution in [0.3, 0.4) is 0 Å². The third-order valence-corrected chi connectivity index (χ3v) is 4.14. The highest BCUT2D eigenvalue weighted by Crippen LogP contribution is 2.39. The molecule has 2 rings (SSSR count). The van der Waals surface area contributed by atoms with Crippen molar-refractivity contribution >= 4 is 0 Å². The molecule has 94 valence electrons. The van der Waals surface area contributed by atoms with Crippen LogP contribution >= 0.6 is 0 Å². The van der Waals surface area contributed by atoms with Crippen molar-refractivity contribution in [2.75, 3.05) is 0 Å². The van der Waals surface area contributed by atoms with Crippen LogP contribution in [0.5, 0.6) is 0 Å². The third kappa shape index (κ3) is 3.57. The van der Waals surface area contributed by atoms with E-state index in [-0.39, 0.29) is 0 Å². The van der Waals surface area contributed by atoms with E-state index in [1.54, 1.807) is 0 Å². The molecule has 0 amide bonds. The zero-order chi connectivity index (χ0) is 12.4. The second-order valence-corrected chi connectivity index (χ2v) is 6.40. The van der Waals surface area contributed by atoms with Gasteiger partial charge in [0.15, 0.2) is 0 Å². The minimum atomic E-state index is -0.477. The molecule has 1 N–H and O–H groups in total. The Bertz CT molecular complexity index is 355. The van der Waals surface area contributed by atoms with Crippen LogP contribution in [0.15, 0.2) is 30.3 Å². The summed E-state index contributed by atoms with van der Waals surface area (Å²) < 4.78 is 0. The van der Waals surface area contributed by atoms with Gasteiger partial charge in [0.05, 0.1) is 5.60 Å². The van der Waals surface area contributed by atoms with E-state index in [9.17, 15) is 5.11 Å². The lowest BCUT2D eigenvalue weighted by Crippen LogP contribution is -2.31. The Morgan fingerprint density at radius 2 is 1.71 bits per heavy atom. The van der Waals surface area contributed by atoms with Gasteiger partial charge in [0.25, 0.3) is 0 Å². The van der Waals surface area contributed by atoms with Crippen molar-refractivity contribution in [2.45, 2.75) is 58.0 Å². The van der Waals surface area contributed by atoms with Gasteiger partial charge in [0, 0.05) is 6.42 Å². The molecule has 1 fully saturated rings. The van der Waals surface area contributed by atoms with E-state index < -0.39 is 5.60 Å². The minimum absolute atomic E-state index is 0.404. The fraction of sp³-hybridized carbons (Fsp3) is 0.625. The molecule has 0 spiro atoms. The van der Waals surface area contributed by atoms with Gasteiger partial charge in [-0.15, -0.1) is 0 Å². The van der Waals surface area contributed by atoms with Crippen LogP contribution in [0, 0.1) is 5.41 Å². The van der Waals surface area contributed by atoms with Crippen LogP contribution in [-0.2, 0) is 6.42 Å². The van der Waals surface area contributed by atoms with Crippen molar-refractivity contribution in [1.82, 2.24) is 0 Å². The number of rotatable bonds is 2. The zero-order valence-electron chi connectivity index (χ0n) is 11.1. The molecule has 0 radical (unpaired) electrons. The van der Waals surface area contributed by atoms with Crippen LogP contribution < -0.4 is 0 Å². The van der Waals surface area contributed by atoms with Crippen LogP contribution in [0.25, 0.3) is 0 Å². The van der Waals surface area contributed by atoms with Crippen molar-refractivity contribution in [3.05, 3.63) is 35.9 Å². The fourth-order valence-corrected chi connectivity index (χ4v) is 2.87. The summed E-state index contributed by atoms with van der Waals surface area (Å²) in [6.07, 6.45) is 6.22. The van der Waals surface area contributed by atoms with E-state index >= 15 is 0 Å². The third-order valence-electron chi connectivity index (χ3n) is 4.14. The van der Waals surface area contributed by atoms with Gasteiger partial charge in [-0.1, -0.05) is 50.6 Å². The number of benzene rings is 1. The molecule has 0 saturated heterocycles. The molecular formula is C16H24O. The Hall–Kier alpha value is -0.820. The first-order chi connectivity index (χ1) is 7.99. The molecule has 1 saturated carbocycles. The summed E-state index contributed by atoms with van der Waals surface area (Å²) in [5, 5.41) is 10.7. The van der Waals surface area contributed by atoms with Crippen LogP contribution in [0.4, 0.5) is 0 Å². The molecule has 1 aromatic carbocycles. The highest BCUT2D eigenvalue weighted by atomic mass is 16.3. The predicted molar refractivity (Wildman–Crippen MR) is 72.0 cm³/mol. The summed E-state index contributed by atoms with van der Waals surface area (Å²) in [4.78, 5) is 0. The Morgan fingerprint density at radius 1 is 1.00 bits per heavy atom. The minimum Gasteiger partial charge on any atom is -0.390 e. The monoisotopic (exact) mass is 232 g/mol. The average Bonchev–Trinajstić information content (AvgIpc) is 2.40. The zero-order valence-corrected chi connectivity index (χ0v) is 11.1. The molecule has 0 aliphatic heterocycles. The topological polar surface area (TPSA) is 20.2 Å². The Kier molecular flexibility index (Phi) is 3.58. The Balaban J connectivity index is 2.04. The van der Waals surface area contributed by atoms with Gasteiger partial charge in [0.1, 0.15) is 0 Å². The van der Waals surface area contributed by atoms with E-state index in [1.165, 1.54) is 12.0 Å². The molecule has 1 nitrogen and oxygen atoms in total. The number of aliphatic hydroxyl groups is 1. The van der Waals surface area contributed by atoms with Crippen molar-refractivity contribution < 1.29 is 5.11 Å². The first-order valence-corrected chi connectivity index (χ1v) is 6.76. The van der Waals surface area contributed by atoms with Crippen LogP contribution in [0.1, 0.15) is 51.5 Å². The molecule has 0 heterocycles. The number of hydrogen-bond donors (Lipinski definition) is 1. The van der Waals surface area contributed by atoms with Gasteiger partial charge in [-0.2, -0.15) is 0 Å². The molecule has 1 heteroatoms. The van der Waals surface area contributed by atoms with E-state index in [0.29, 0.717) is 5.41 Å². The standard InChI is InChI=1S/C16H24O/c1-15(2)9-6-10-16(17,12-11-15)13-14-7-4-3-5-8-14/h3-5,7-8,17H,6,9-13H2,1-2H3. The SMILES string of the molecule is CC1(C)CCCC(O)(Cc2ccccc2)CC1. The molecular weight excluding hydrogens is 208 g/mol. The lowest BCUT2D eigenvalue weighted by Gasteiger charge is -2.28. The van der Waals surface area contributed by atoms with Gasteiger partial charge in [-0.05, 0) is 36.7 Å². The van der Waals surface area contributed by atoms with Gasteiger partial charge in [0.2, 0.25) is 0 Å². The first kappa shape index (κ1) is 12.6. The average molecular weight is 232 g/mol. The second kappa shape index (κ2) is 4.81. The summed E-state index contributed by atoms with van der Waals surface area (Å²) in [5.74, 6) is 0. The van der Waals surface area contributed by atoms with Gasteiger partial charge in [-0.3, -0.25) is 0 Å². The van der Waals surface area contributed by atoms with Crippen molar-refractivity contribution in [2.24, 2.45) is 5.41 Å². The maximum absolute atomic E-state index is 10.7. The maximum Gasteiger partial charge on any atom is 0.0688 e. The molecule has 1 atom stereocenters. The van der Waals surface area contributed by atoms with Crippen LogP contribution in [-0.4, -0.2) is 10.7 Å². The largest absolute Gasteiger partial charge is 0.390 e. The van der Waals surface area contributed by atoms with E-state index in [0.717, 1.165) is 32.1 Å². The summed E-state index contributed by atoms with van der Waals surface area (Å²) in [7, 11) is 0. The molecule has 1 aliphatic carbocycles. The van der Waals surface area contributed by atoms with Gasteiger partial charge < -0.3 is 5.11 Å². The predicted octanol–water partition coefficient (Wildman–Crippen LogP) is 3.95. The smallest absolute Gasteiger partial charge is 0.0688 e. The van der Waals surface area contributed by atoms with E-state index in [4.69, 9.17) is 0 Å². The number of hydrogen-bond acceptors (Lipinski definition) is 1. The molecule has 1 aromatic rings. The molecule has 0 bridgehead atoms. The van der Waals surface area contributed by atoms with Gasteiger partial charge >= 0.3 is 0 Å². The van der Waals surface area contributed by atoms with Crippen molar-refractivity contribution in [3.8, 4) is 0 Å². The van der Waals surface area contributed by atoms with Crippen molar-refractivity contribution in [1.29, 1.82) is 0 Å². The van der Waals surface area contributed by atoms with Crippen LogP contribution in [0.2, 0.25) is 0 Å². The lowest BCUT2D eigenvalue weighted by atomic mass is 9.83. The Morgan fingerprint density at radius 3 is 2.41 bits per heavy atom. The van der Waals surface area contributed by atoms with E-state index in [2.05, 4.69) is 38.1 Å². The quantitative estimate of drug-likeness (QED) is 0.765. The molecule has 17 heavy (non-hydrogen) atoms. The summed E-state index contributed by atoms with van der Waals surface area (Å²) in [6.45, 7) is 4.64.